The number of hydrogen-bond donors (Lipinski definition) is 4. The highest BCUT2D eigenvalue weighted by atomic mass is 19.4. The first-order chi connectivity index (χ1) is 17.8. The maximum absolute atomic E-state index is 15.3. The number of fused-ring (bicyclic) bond motifs is 2. The first kappa shape index (κ1) is 27.4. The summed E-state index contributed by atoms with van der Waals surface area (Å²) in [5, 5.41) is 16.6. The van der Waals surface area contributed by atoms with Crippen molar-refractivity contribution in [2.24, 2.45) is 11.7 Å². The molecule has 3 aliphatic rings. The lowest BCUT2D eigenvalue weighted by atomic mass is 9.91. The largest absolute Gasteiger partial charge is 0.492 e. The highest BCUT2D eigenvalue weighted by Gasteiger charge is 2.51. The lowest BCUT2D eigenvalue weighted by Gasteiger charge is -2.28. The number of anilines is 2. The number of pyridine rings is 1. The number of carboxylic acid groups (broad SMARTS) is 2. The second kappa shape index (κ2) is 9.62. The molecule has 38 heavy (non-hydrogen) atoms. The number of nitrogens with zero attached hydrogens (tertiary/aromatic N) is 2. The molecule has 3 fully saturated rings. The number of alkyl halides is 3. The van der Waals surface area contributed by atoms with Gasteiger partial charge in [0.15, 0.2) is 11.3 Å². The van der Waals surface area contributed by atoms with Gasteiger partial charge >= 0.3 is 18.1 Å². The van der Waals surface area contributed by atoms with Gasteiger partial charge < -0.3 is 40.6 Å². The maximum atomic E-state index is 15.3. The van der Waals surface area contributed by atoms with Gasteiger partial charge in [0.2, 0.25) is 11.4 Å². The number of methoxy groups -OCH3 is 1. The van der Waals surface area contributed by atoms with Crippen LogP contribution in [0.4, 0.5) is 28.9 Å². The summed E-state index contributed by atoms with van der Waals surface area (Å²) in [4.78, 5) is 35.5. The number of carbonyl (C=O) groups is 2. The van der Waals surface area contributed by atoms with E-state index in [1.54, 1.807) is 6.07 Å². The topological polar surface area (TPSA) is 170 Å². The van der Waals surface area contributed by atoms with Crippen molar-refractivity contribution >= 4 is 34.2 Å². The van der Waals surface area contributed by atoms with E-state index in [-0.39, 0.29) is 28.6 Å². The zero-order valence-corrected chi connectivity index (χ0v) is 20.2. The predicted molar refractivity (Wildman–Crippen MR) is 126 cm³/mol. The van der Waals surface area contributed by atoms with E-state index in [2.05, 4.69) is 4.90 Å². The highest BCUT2D eigenvalue weighted by molar-refractivity contribution is 6.03. The Morgan fingerprint density at radius 1 is 1.26 bits per heavy atom. The van der Waals surface area contributed by atoms with Gasteiger partial charge in [-0.15, -0.1) is 0 Å². The number of hydrogen-bond acceptors (Lipinski definition) is 8. The summed E-state index contributed by atoms with van der Waals surface area (Å²) >= 11 is 0. The molecule has 2 saturated heterocycles. The molecular weight excluding hydrogens is 520 g/mol. The summed E-state index contributed by atoms with van der Waals surface area (Å²) in [7, 11) is 1.45. The van der Waals surface area contributed by atoms with Gasteiger partial charge in [0.05, 0.1) is 18.2 Å². The SMILES string of the molecule is COc1c(N2CC3CCOC3(CN)C2)cc(N)c2c(=O)c(C(=O)O)c(F)n(C3CC3)c12.O=C(O)C(F)(F)F. The normalized spacial score (nSPS) is 22.7. The molecule has 0 radical (unpaired) electrons. The Kier molecular flexibility index (Phi) is 6.95. The number of aromatic nitrogens is 1. The molecule has 2 aromatic rings. The second-order valence-electron chi connectivity index (χ2n) is 9.43. The van der Waals surface area contributed by atoms with Crippen LogP contribution >= 0.6 is 0 Å². The minimum Gasteiger partial charge on any atom is -0.492 e. The van der Waals surface area contributed by atoms with Crippen LogP contribution in [-0.2, 0) is 9.53 Å². The number of rotatable bonds is 5. The Morgan fingerprint density at radius 3 is 2.37 bits per heavy atom. The van der Waals surface area contributed by atoms with Gasteiger partial charge in [-0.1, -0.05) is 0 Å². The summed E-state index contributed by atoms with van der Waals surface area (Å²) in [5.41, 5.74) is 10.9. The van der Waals surface area contributed by atoms with Gasteiger partial charge in [-0.25, -0.2) is 9.59 Å². The van der Waals surface area contributed by atoms with Gasteiger partial charge in [-0.2, -0.15) is 17.6 Å². The summed E-state index contributed by atoms with van der Waals surface area (Å²) in [6.45, 7) is 2.24. The van der Waals surface area contributed by atoms with Crippen LogP contribution in [0.5, 0.6) is 5.75 Å². The smallest absolute Gasteiger partial charge is 0.490 e. The number of ether oxygens (including phenoxy) is 2. The van der Waals surface area contributed by atoms with Crippen molar-refractivity contribution in [2.45, 2.75) is 37.1 Å². The fourth-order valence-corrected chi connectivity index (χ4v) is 5.20. The average Bonchev–Trinajstić information content (AvgIpc) is 3.47. The fraction of sp³-hybridized carbons (Fsp3) is 0.522. The molecule has 6 N–H and O–H groups in total. The number of benzene rings is 1. The third-order valence-corrected chi connectivity index (χ3v) is 7.14. The molecule has 1 aromatic heterocycles. The molecule has 2 unspecified atom stereocenters. The second-order valence-corrected chi connectivity index (χ2v) is 9.43. The van der Waals surface area contributed by atoms with Crippen LogP contribution in [-0.4, -0.2) is 71.8 Å². The monoisotopic (exact) mass is 546 g/mol. The van der Waals surface area contributed by atoms with Crippen molar-refractivity contribution in [3.8, 4) is 5.75 Å². The van der Waals surface area contributed by atoms with Crippen LogP contribution in [0.3, 0.4) is 0 Å². The third kappa shape index (κ3) is 4.49. The van der Waals surface area contributed by atoms with Gasteiger partial charge in [0.25, 0.3) is 0 Å². The van der Waals surface area contributed by atoms with E-state index in [9.17, 15) is 27.9 Å². The molecular formula is C23H26F4N4O7. The van der Waals surface area contributed by atoms with Crippen LogP contribution < -0.4 is 26.5 Å². The van der Waals surface area contributed by atoms with Gasteiger partial charge in [-0.3, -0.25) is 4.79 Å². The van der Waals surface area contributed by atoms with E-state index in [1.165, 1.54) is 11.7 Å². The van der Waals surface area contributed by atoms with E-state index in [1.807, 2.05) is 0 Å². The standard InChI is InChI=1S/C21H25FN4O5.C2HF3O2/c1-30-18-13(25-7-10-4-5-31-21(10,8-23)9-25)6-12(24)14-16(18)26(11-2-3-11)19(22)15(17(14)27)20(28)29;3-2(4,5)1(6)7/h6,10-11H,2-5,7-9,23-24H2,1H3,(H,28,29);(H,6,7). The van der Waals surface area contributed by atoms with Gasteiger partial charge in [0, 0.05) is 43.9 Å². The molecule has 15 heteroatoms. The number of halogens is 4. The number of nitrogens with two attached hydrogens (primary N) is 2. The third-order valence-electron chi connectivity index (χ3n) is 7.14. The molecule has 0 bridgehead atoms. The van der Waals surface area contributed by atoms with Crippen molar-refractivity contribution in [3.05, 3.63) is 27.8 Å². The van der Waals surface area contributed by atoms with Gasteiger partial charge in [0.1, 0.15) is 11.1 Å². The van der Waals surface area contributed by atoms with Crippen molar-refractivity contribution in [1.29, 1.82) is 0 Å². The molecule has 11 nitrogen and oxygen atoms in total. The van der Waals surface area contributed by atoms with Crippen molar-refractivity contribution in [1.82, 2.24) is 4.57 Å². The molecule has 0 amide bonds. The molecule has 0 spiro atoms. The Bertz CT molecular complexity index is 1360. The molecule has 1 aliphatic carbocycles. The molecule has 2 atom stereocenters. The van der Waals surface area contributed by atoms with E-state index in [0.29, 0.717) is 50.5 Å². The number of aliphatic carboxylic acids is 1. The van der Waals surface area contributed by atoms with Gasteiger partial charge in [-0.05, 0) is 25.3 Å². The average molecular weight is 546 g/mol. The van der Waals surface area contributed by atoms with Crippen molar-refractivity contribution < 1.29 is 46.8 Å². The van der Waals surface area contributed by atoms with Crippen LogP contribution in [0.2, 0.25) is 0 Å². The molecule has 1 aromatic carbocycles. The molecule has 5 rings (SSSR count). The van der Waals surface area contributed by atoms with E-state index in [4.69, 9.17) is 30.8 Å². The zero-order valence-electron chi connectivity index (χ0n) is 20.2. The van der Waals surface area contributed by atoms with Crippen LogP contribution in [0.1, 0.15) is 35.7 Å². The van der Waals surface area contributed by atoms with Crippen molar-refractivity contribution in [3.63, 3.8) is 0 Å². The molecule has 2 aliphatic heterocycles. The maximum Gasteiger partial charge on any atom is 0.490 e. The Hall–Kier alpha value is -3.59. The fourth-order valence-electron chi connectivity index (χ4n) is 5.20. The molecule has 1 saturated carbocycles. The number of nitrogen functional groups attached to an aromatic ring is 1. The van der Waals surface area contributed by atoms with Crippen LogP contribution in [0, 0.1) is 11.9 Å². The number of carboxylic acids is 2. The highest BCUT2D eigenvalue weighted by Crippen LogP contribution is 2.48. The first-order valence-corrected chi connectivity index (χ1v) is 11.6. The minimum absolute atomic E-state index is 0.0320. The summed E-state index contributed by atoms with van der Waals surface area (Å²) in [6.07, 6.45) is -2.84. The summed E-state index contributed by atoms with van der Waals surface area (Å²) < 4.78 is 60.0. The summed E-state index contributed by atoms with van der Waals surface area (Å²) in [6, 6.07) is 1.36. The Morgan fingerprint density at radius 2 is 1.89 bits per heavy atom. The number of aromatic carboxylic acids is 1. The van der Waals surface area contributed by atoms with E-state index >= 15 is 4.39 Å². The lowest BCUT2D eigenvalue weighted by molar-refractivity contribution is -0.192. The summed E-state index contributed by atoms with van der Waals surface area (Å²) in [5.74, 6) is -4.89. The first-order valence-electron chi connectivity index (χ1n) is 11.6. The molecule has 3 heterocycles. The van der Waals surface area contributed by atoms with E-state index < -0.39 is 40.7 Å². The van der Waals surface area contributed by atoms with Crippen LogP contribution in [0.25, 0.3) is 10.9 Å². The Labute approximate surface area is 212 Å². The quantitative estimate of drug-likeness (QED) is 0.247. The molecule has 208 valence electrons. The minimum atomic E-state index is -5.08. The lowest BCUT2D eigenvalue weighted by Crippen LogP contribution is -2.44. The Balaban J connectivity index is 0.000000426. The van der Waals surface area contributed by atoms with Crippen LogP contribution in [0.15, 0.2) is 10.9 Å². The zero-order chi connectivity index (χ0) is 28.2. The van der Waals surface area contributed by atoms with Crippen molar-refractivity contribution in [2.75, 3.05) is 44.0 Å². The van der Waals surface area contributed by atoms with E-state index in [0.717, 1.165) is 6.42 Å². The predicted octanol–water partition coefficient (Wildman–Crippen LogP) is 1.95.